The van der Waals surface area contributed by atoms with Gasteiger partial charge < -0.3 is 10.4 Å². The zero-order chi connectivity index (χ0) is 13.0. The summed E-state index contributed by atoms with van der Waals surface area (Å²) < 4.78 is 0. The van der Waals surface area contributed by atoms with E-state index >= 15 is 0 Å². The van der Waals surface area contributed by atoms with Crippen LogP contribution in [0, 0.1) is 0 Å². The van der Waals surface area contributed by atoms with E-state index in [-0.39, 0.29) is 11.8 Å². The maximum Gasteiger partial charge on any atom is 0.115 e. The van der Waals surface area contributed by atoms with E-state index in [4.69, 9.17) is 0 Å². The third-order valence-corrected chi connectivity index (χ3v) is 3.61. The molecule has 0 amide bonds. The maximum atomic E-state index is 9.24. The van der Waals surface area contributed by atoms with Crippen molar-refractivity contribution in [3.63, 3.8) is 0 Å². The number of phenols is 1. The van der Waals surface area contributed by atoms with E-state index in [1.165, 1.54) is 10.5 Å². The Kier molecular flexibility index (Phi) is 4.15. The van der Waals surface area contributed by atoms with Gasteiger partial charge in [-0.1, -0.05) is 12.1 Å². The summed E-state index contributed by atoms with van der Waals surface area (Å²) in [6.45, 7) is 2.13. The van der Waals surface area contributed by atoms with E-state index in [1.54, 1.807) is 23.9 Å². The van der Waals surface area contributed by atoms with Crippen LogP contribution in [0.5, 0.6) is 5.75 Å². The minimum absolute atomic E-state index is 0.241. The number of aromatic hydroxyl groups is 1. The van der Waals surface area contributed by atoms with Crippen molar-refractivity contribution in [2.45, 2.75) is 17.9 Å². The summed E-state index contributed by atoms with van der Waals surface area (Å²) in [5, 5.41) is 12.6. The van der Waals surface area contributed by atoms with Gasteiger partial charge in [0.1, 0.15) is 5.75 Å². The average molecular weight is 259 g/mol. The zero-order valence-electron chi connectivity index (χ0n) is 10.6. The van der Waals surface area contributed by atoms with Crippen molar-refractivity contribution in [1.82, 2.24) is 0 Å². The second-order valence-corrected chi connectivity index (χ2v) is 5.07. The smallest absolute Gasteiger partial charge is 0.115 e. The highest BCUT2D eigenvalue weighted by molar-refractivity contribution is 7.98. The Morgan fingerprint density at radius 1 is 1.00 bits per heavy atom. The Balaban J connectivity index is 2.06. The molecular weight excluding hydrogens is 242 g/mol. The van der Waals surface area contributed by atoms with Crippen LogP contribution in [0.1, 0.15) is 18.5 Å². The molecule has 18 heavy (non-hydrogen) atoms. The number of hydrogen-bond donors (Lipinski definition) is 2. The highest BCUT2D eigenvalue weighted by Crippen LogP contribution is 2.23. The van der Waals surface area contributed by atoms with Gasteiger partial charge in [0.05, 0.1) is 0 Å². The van der Waals surface area contributed by atoms with Crippen molar-refractivity contribution in [2.75, 3.05) is 11.6 Å². The first-order valence-corrected chi connectivity index (χ1v) is 7.11. The summed E-state index contributed by atoms with van der Waals surface area (Å²) in [6.07, 6.45) is 2.08. The topological polar surface area (TPSA) is 32.3 Å². The van der Waals surface area contributed by atoms with Gasteiger partial charge in [0.2, 0.25) is 0 Å². The van der Waals surface area contributed by atoms with Gasteiger partial charge in [0.25, 0.3) is 0 Å². The van der Waals surface area contributed by atoms with Crippen LogP contribution in [0.15, 0.2) is 53.4 Å². The average Bonchev–Trinajstić information content (AvgIpc) is 2.41. The third kappa shape index (κ3) is 3.20. The lowest BCUT2D eigenvalue weighted by Gasteiger charge is -2.16. The van der Waals surface area contributed by atoms with Crippen molar-refractivity contribution < 1.29 is 5.11 Å². The third-order valence-electron chi connectivity index (χ3n) is 2.87. The van der Waals surface area contributed by atoms with Crippen molar-refractivity contribution in [3.05, 3.63) is 54.1 Å². The molecule has 0 spiro atoms. The van der Waals surface area contributed by atoms with E-state index < -0.39 is 0 Å². The van der Waals surface area contributed by atoms with Gasteiger partial charge in [-0.3, -0.25) is 0 Å². The molecule has 0 aliphatic rings. The molecule has 2 nitrogen and oxygen atoms in total. The molecule has 0 aliphatic carbocycles. The van der Waals surface area contributed by atoms with Gasteiger partial charge in [-0.2, -0.15) is 0 Å². The molecule has 0 fully saturated rings. The van der Waals surface area contributed by atoms with Crippen LogP contribution >= 0.6 is 11.8 Å². The molecule has 2 rings (SSSR count). The lowest BCUT2D eigenvalue weighted by Crippen LogP contribution is -2.06. The monoisotopic (exact) mass is 259 g/mol. The van der Waals surface area contributed by atoms with E-state index in [1.807, 2.05) is 12.1 Å². The fraction of sp³-hybridized carbons (Fsp3) is 0.200. The Hall–Kier alpha value is -1.61. The van der Waals surface area contributed by atoms with Crippen molar-refractivity contribution >= 4 is 17.4 Å². The van der Waals surface area contributed by atoms with Gasteiger partial charge >= 0.3 is 0 Å². The first-order chi connectivity index (χ1) is 8.69. The molecule has 1 unspecified atom stereocenters. The summed E-state index contributed by atoms with van der Waals surface area (Å²) in [7, 11) is 0. The van der Waals surface area contributed by atoms with Crippen LogP contribution < -0.4 is 5.32 Å². The lowest BCUT2D eigenvalue weighted by atomic mass is 10.1. The van der Waals surface area contributed by atoms with Crippen molar-refractivity contribution in [2.24, 2.45) is 0 Å². The molecule has 0 aromatic heterocycles. The molecule has 2 N–H and O–H groups in total. The zero-order valence-corrected chi connectivity index (χ0v) is 11.4. The minimum Gasteiger partial charge on any atom is -0.508 e. The molecule has 0 saturated heterocycles. The Labute approximate surface area is 112 Å². The number of anilines is 1. The molecule has 2 aromatic carbocycles. The highest BCUT2D eigenvalue weighted by atomic mass is 32.2. The van der Waals surface area contributed by atoms with Gasteiger partial charge in [-0.05, 0) is 55.1 Å². The van der Waals surface area contributed by atoms with Crippen molar-refractivity contribution in [1.29, 1.82) is 0 Å². The Morgan fingerprint density at radius 2 is 1.61 bits per heavy atom. The number of phenolic OH excluding ortho intramolecular Hbond substituents is 1. The Bertz CT molecular complexity index is 493. The highest BCUT2D eigenvalue weighted by Gasteiger charge is 2.05. The van der Waals surface area contributed by atoms with Gasteiger partial charge in [-0.25, -0.2) is 0 Å². The van der Waals surface area contributed by atoms with Crippen LogP contribution in [0.4, 0.5) is 5.69 Å². The van der Waals surface area contributed by atoms with E-state index in [0.717, 1.165) is 5.69 Å². The van der Waals surface area contributed by atoms with Gasteiger partial charge in [0.15, 0.2) is 0 Å². The number of rotatable bonds is 4. The second kappa shape index (κ2) is 5.83. The SMILES string of the molecule is CSc1ccc(C(C)Nc2ccc(O)cc2)cc1. The summed E-state index contributed by atoms with van der Waals surface area (Å²) in [5.41, 5.74) is 2.26. The fourth-order valence-corrected chi connectivity index (χ4v) is 2.19. The van der Waals surface area contributed by atoms with Crippen LogP contribution in [0.25, 0.3) is 0 Å². The summed E-state index contributed by atoms with van der Waals surface area (Å²) in [4.78, 5) is 1.27. The van der Waals surface area contributed by atoms with E-state index in [0.29, 0.717) is 0 Å². The summed E-state index contributed by atoms with van der Waals surface area (Å²) in [6, 6.07) is 15.9. The van der Waals surface area contributed by atoms with Crippen LogP contribution in [0.2, 0.25) is 0 Å². The molecule has 94 valence electrons. The van der Waals surface area contributed by atoms with E-state index in [2.05, 4.69) is 42.8 Å². The summed E-state index contributed by atoms with van der Waals surface area (Å²) in [5.74, 6) is 0.289. The number of benzene rings is 2. The van der Waals surface area contributed by atoms with Gasteiger partial charge in [-0.15, -0.1) is 11.8 Å². The minimum atomic E-state index is 0.241. The standard InChI is InChI=1S/C15H17NOS/c1-11(12-3-9-15(18-2)10-4-12)16-13-5-7-14(17)8-6-13/h3-11,16-17H,1-2H3. The molecule has 0 aliphatic heterocycles. The molecule has 0 heterocycles. The normalized spacial score (nSPS) is 12.1. The van der Waals surface area contributed by atoms with Crippen LogP contribution in [0.3, 0.4) is 0 Å². The second-order valence-electron chi connectivity index (χ2n) is 4.19. The lowest BCUT2D eigenvalue weighted by molar-refractivity contribution is 0.475. The fourth-order valence-electron chi connectivity index (χ4n) is 1.78. The maximum absolute atomic E-state index is 9.24. The molecule has 0 bridgehead atoms. The quantitative estimate of drug-likeness (QED) is 0.634. The largest absolute Gasteiger partial charge is 0.508 e. The van der Waals surface area contributed by atoms with Crippen molar-refractivity contribution in [3.8, 4) is 5.75 Å². The predicted octanol–water partition coefficient (Wildman–Crippen LogP) is 4.29. The molecule has 1 atom stereocenters. The number of nitrogens with one attached hydrogen (secondary N) is 1. The first kappa shape index (κ1) is 12.8. The molecule has 3 heteroatoms. The van der Waals surface area contributed by atoms with Gasteiger partial charge in [0, 0.05) is 16.6 Å². The Morgan fingerprint density at radius 3 is 2.17 bits per heavy atom. The first-order valence-electron chi connectivity index (χ1n) is 5.88. The molecular formula is C15H17NOS. The van der Waals surface area contributed by atoms with Crippen LogP contribution in [-0.2, 0) is 0 Å². The predicted molar refractivity (Wildman–Crippen MR) is 78.4 cm³/mol. The summed E-state index contributed by atoms with van der Waals surface area (Å²) >= 11 is 1.75. The molecule has 0 radical (unpaired) electrons. The molecule has 2 aromatic rings. The van der Waals surface area contributed by atoms with Crippen LogP contribution in [-0.4, -0.2) is 11.4 Å². The molecule has 0 saturated carbocycles. The number of thioether (sulfide) groups is 1. The number of hydrogen-bond acceptors (Lipinski definition) is 3. The van der Waals surface area contributed by atoms with E-state index in [9.17, 15) is 5.11 Å².